The Kier molecular flexibility index (Phi) is 6.17. The van der Waals surface area contributed by atoms with E-state index in [0.29, 0.717) is 16.3 Å². The molecular formula is C24H18Cl2N2O4. The Morgan fingerprint density at radius 3 is 2.53 bits per heavy atom. The molecular weight excluding hydrogens is 451 g/mol. The Morgan fingerprint density at radius 1 is 1.12 bits per heavy atom. The van der Waals surface area contributed by atoms with E-state index in [1.54, 1.807) is 54.9 Å². The van der Waals surface area contributed by atoms with Gasteiger partial charge in [-0.2, -0.15) is 0 Å². The molecule has 1 fully saturated rings. The number of Topliss-reactive ketones (excluding diaryl/α,β-unsaturated/α-hetero) is 1. The Hall–Kier alpha value is -3.35. The molecule has 1 unspecified atom stereocenters. The van der Waals surface area contributed by atoms with Gasteiger partial charge >= 0.3 is 0 Å². The van der Waals surface area contributed by atoms with Gasteiger partial charge in [-0.1, -0.05) is 41.4 Å². The number of nitrogens with zero attached hydrogens (tertiary/aromatic N) is 2. The zero-order chi connectivity index (χ0) is 22.8. The summed E-state index contributed by atoms with van der Waals surface area (Å²) in [7, 11) is 1.48. The number of aliphatic hydroxyl groups is 1. The fraction of sp³-hybridized carbons (Fsp3) is 0.125. The van der Waals surface area contributed by atoms with Crippen molar-refractivity contribution in [2.45, 2.75) is 12.6 Å². The summed E-state index contributed by atoms with van der Waals surface area (Å²) in [4.78, 5) is 31.6. The third kappa shape index (κ3) is 4.07. The lowest BCUT2D eigenvalue weighted by Crippen LogP contribution is -2.29. The number of ether oxygens (including phenoxy) is 1. The Morgan fingerprint density at radius 2 is 1.88 bits per heavy atom. The molecule has 6 nitrogen and oxygen atoms in total. The zero-order valence-corrected chi connectivity index (χ0v) is 18.5. The number of hydrogen-bond donors (Lipinski definition) is 1. The van der Waals surface area contributed by atoms with Crippen LogP contribution in [0.2, 0.25) is 10.0 Å². The van der Waals surface area contributed by atoms with Crippen LogP contribution in [0.5, 0.6) is 5.75 Å². The van der Waals surface area contributed by atoms with Crippen LogP contribution < -0.4 is 4.74 Å². The first kappa shape index (κ1) is 21.9. The first-order valence-electron chi connectivity index (χ1n) is 9.67. The highest BCUT2D eigenvalue weighted by molar-refractivity contribution is 6.47. The van der Waals surface area contributed by atoms with Gasteiger partial charge in [-0.05, 0) is 47.5 Å². The zero-order valence-electron chi connectivity index (χ0n) is 17.0. The van der Waals surface area contributed by atoms with E-state index >= 15 is 0 Å². The SMILES string of the molecule is COc1ccc(Cl)c(/C(O)=C2\C(=O)C(=O)N(Cc3cccnc3)C2c2ccc(Cl)cc2)c1. The van der Waals surface area contributed by atoms with Crippen molar-refractivity contribution in [3.05, 3.63) is 99.3 Å². The van der Waals surface area contributed by atoms with Crippen molar-refractivity contribution in [1.29, 1.82) is 0 Å². The highest BCUT2D eigenvalue weighted by Gasteiger charge is 2.46. The topological polar surface area (TPSA) is 79.7 Å². The average molecular weight is 469 g/mol. The van der Waals surface area contributed by atoms with Gasteiger partial charge in [0.15, 0.2) is 0 Å². The lowest BCUT2D eigenvalue weighted by Gasteiger charge is -2.25. The minimum Gasteiger partial charge on any atom is -0.507 e. The molecule has 0 bridgehead atoms. The molecule has 1 amide bonds. The Bertz CT molecular complexity index is 1210. The van der Waals surface area contributed by atoms with Crippen LogP contribution >= 0.6 is 23.2 Å². The predicted molar refractivity (Wildman–Crippen MR) is 122 cm³/mol. The molecule has 0 radical (unpaired) electrons. The lowest BCUT2D eigenvalue weighted by molar-refractivity contribution is -0.140. The molecule has 0 spiro atoms. The Labute approximate surface area is 194 Å². The number of pyridine rings is 1. The van der Waals surface area contributed by atoms with E-state index in [9.17, 15) is 14.7 Å². The highest BCUT2D eigenvalue weighted by atomic mass is 35.5. The summed E-state index contributed by atoms with van der Waals surface area (Å²) in [6, 6.07) is 14.2. The number of amides is 1. The van der Waals surface area contributed by atoms with Gasteiger partial charge in [0.1, 0.15) is 11.5 Å². The number of rotatable bonds is 5. The number of aromatic nitrogens is 1. The van der Waals surface area contributed by atoms with Crippen LogP contribution in [0.1, 0.15) is 22.7 Å². The molecule has 0 aliphatic carbocycles. The third-order valence-electron chi connectivity index (χ3n) is 5.23. The molecule has 32 heavy (non-hydrogen) atoms. The van der Waals surface area contributed by atoms with Gasteiger partial charge < -0.3 is 14.7 Å². The number of ketones is 1. The molecule has 1 aromatic heterocycles. The second-order valence-corrected chi connectivity index (χ2v) is 8.03. The summed E-state index contributed by atoms with van der Waals surface area (Å²) in [5.74, 6) is -1.45. The molecule has 1 aliphatic rings. The molecule has 8 heteroatoms. The van der Waals surface area contributed by atoms with Gasteiger partial charge in [-0.15, -0.1) is 0 Å². The second-order valence-electron chi connectivity index (χ2n) is 7.19. The molecule has 0 saturated carbocycles. The fourth-order valence-corrected chi connectivity index (χ4v) is 4.01. The largest absolute Gasteiger partial charge is 0.507 e. The third-order valence-corrected chi connectivity index (χ3v) is 5.81. The number of halogens is 2. The van der Waals surface area contributed by atoms with Crippen molar-refractivity contribution in [3.63, 3.8) is 0 Å². The summed E-state index contributed by atoms with van der Waals surface area (Å²) < 4.78 is 5.22. The van der Waals surface area contributed by atoms with Gasteiger partial charge in [-0.3, -0.25) is 14.6 Å². The molecule has 1 N–H and O–H groups in total. The Balaban J connectivity index is 1.89. The number of hydrogen-bond acceptors (Lipinski definition) is 5. The first-order chi connectivity index (χ1) is 15.4. The van der Waals surface area contributed by atoms with E-state index in [2.05, 4.69) is 4.98 Å². The molecule has 3 aromatic rings. The van der Waals surface area contributed by atoms with Gasteiger partial charge in [0.2, 0.25) is 0 Å². The summed E-state index contributed by atoms with van der Waals surface area (Å²) in [6.07, 6.45) is 3.25. The minimum atomic E-state index is -0.838. The smallest absolute Gasteiger partial charge is 0.295 e. The highest BCUT2D eigenvalue weighted by Crippen LogP contribution is 2.42. The number of benzene rings is 2. The van der Waals surface area contributed by atoms with E-state index in [4.69, 9.17) is 27.9 Å². The van der Waals surface area contributed by atoms with Crippen LogP contribution in [0.15, 0.2) is 72.6 Å². The maximum Gasteiger partial charge on any atom is 0.295 e. The standard InChI is InChI=1S/C24H18Cl2N2O4/c1-32-17-8-9-19(26)18(11-17)22(29)20-21(15-4-6-16(25)7-5-15)28(24(31)23(20)30)13-14-3-2-10-27-12-14/h2-12,21,29H,13H2,1H3/b22-20+. The van der Waals surface area contributed by atoms with Gasteiger partial charge in [0.05, 0.1) is 23.7 Å². The fourth-order valence-electron chi connectivity index (χ4n) is 3.68. The summed E-state index contributed by atoms with van der Waals surface area (Å²) in [5.41, 5.74) is 1.51. The van der Waals surface area contributed by atoms with E-state index in [-0.39, 0.29) is 28.5 Å². The van der Waals surface area contributed by atoms with Crippen molar-refractivity contribution >= 4 is 40.7 Å². The van der Waals surface area contributed by atoms with E-state index in [1.165, 1.54) is 18.1 Å². The number of carbonyl (C=O) groups is 2. The van der Waals surface area contributed by atoms with Crippen molar-refractivity contribution in [3.8, 4) is 5.75 Å². The maximum absolute atomic E-state index is 13.1. The average Bonchev–Trinajstić information content (AvgIpc) is 3.05. The molecule has 4 rings (SSSR count). The predicted octanol–water partition coefficient (Wildman–Crippen LogP) is 5.02. The molecule has 162 valence electrons. The lowest BCUT2D eigenvalue weighted by atomic mass is 9.95. The van der Waals surface area contributed by atoms with E-state index in [0.717, 1.165) is 5.56 Å². The molecule has 1 aliphatic heterocycles. The molecule has 1 atom stereocenters. The van der Waals surface area contributed by atoms with Crippen molar-refractivity contribution in [2.75, 3.05) is 7.11 Å². The summed E-state index contributed by atoms with van der Waals surface area (Å²) in [6.45, 7) is 0.133. The first-order valence-corrected chi connectivity index (χ1v) is 10.4. The maximum atomic E-state index is 13.1. The van der Waals surface area contributed by atoms with Crippen LogP contribution in [0, 0.1) is 0 Å². The van der Waals surface area contributed by atoms with Crippen LogP contribution in [-0.2, 0) is 16.1 Å². The molecule has 1 saturated heterocycles. The van der Waals surface area contributed by atoms with Crippen LogP contribution in [0.25, 0.3) is 5.76 Å². The summed E-state index contributed by atoms with van der Waals surface area (Å²) in [5, 5.41) is 11.9. The van der Waals surface area contributed by atoms with Crippen molar-refractivity contribution < 1.29 is 19.4 Å². The van der Waals surface area contributed by atoms with E-state index < -0.39 is 17.7 Å². The van der Waals surface area contributed by atoms with Crippen LogP contribution in [0.4, 0.5) is 0 Å². The van der Waals surface area contributed by atoms with Crippen LogP contribution in [-0.4, -0.2) is 33.8 Å². The minimum absolute atomic E-state index is 0.0589. The number of likely N-dealkylation sites (tertiary alicyclic amines) is 1. The normalized spacial score (nSPS) is 17.6. The van der Waals surface area contributed by atoms with Gasteiger partial charge in [0, 0.05) is 29.5 Å². The summed E-state index contributed by atoms with van der Waals surface area (Å²) >= 11 is 12.3. The van der Waals surface area contributed by atoms with Crippen molar-refractivity contribution in [2.24, 2.45) is 0 Å². The van der Waals surface area contributed by atoms with Gasteiger partial charge in [-0.25, -0.2) is 0 Å². The quantitative estimate of drug-likeness (QED) is 0.323. The molecule has 2 heterocycles. The monoisotopic (exact) mass is 468 g/mol. The van der Waals surface area contributed by atoms with E-state index in [1.807, 2.05) is 6.07 Å². The van der Waals surface area contributed by atoms with Gasteiger partial charge in [0.25, 0.3) is 11.7 Å². The number of aliphatic hydroxyl groups excluding tert-OH is 1. The van der Waals surface area contributed by atoms with Crippen LogP contribution in [0.3, 0.4) is 0 Å². The number of methoxy groups -OCH3 is 1. The second kappa shape index (κ2) is 9.02. The number of carbonyl (C=O) groups excluding carboxylic acids is 2. The molecule has 2 aromatic carbocycles. The van der Waals surface area contributed by atoms with Crippen molar-refractivity contribution in [1.82, 2.24) is 9.88 Å².